The van der Waals surface area contributed by atoms with Crippen LogP contribution in [0.25, 0.3) is 10.9 Å². The van der Waals surface area contributed by atoms with Gasteiger partial charge in [-0.25, -0.2) is 8.42 Å². The van der Waals surface area contributed by atoms with Gasteiger partial charge < -0.3 is 14.9 Å². The van der Waals surface area contributed by atoms with E-state index in [4.69, 9.17) is 5.26 Å². The third-order valence-electron chi connectivity index (χ3n) is 5.19. The minimum atomic E-state index is -3.98. The predicted octanol–water partition coefficient (Wildman–Crippen LogP) is 1.45. The minimum absolute atomic E-state index is 0.0325. The number of anilines is 1. The van der Waals surface area contributed by atoms with Gasteiger partial charge in [-0.1, -0.05) is 0 Å². The summed E-state index contributed by atoms with van der Waals surface area (Å²) in [6.45, 7) is 1.98. The van der Waals surface area contributed by atoms with Gasteiger partial charge in [0, 0.05) is 36.9 Å². The second kappa shape index (κ2) is 7.12. The maximum absolute atomic E-state index is 13.3. The molecule has 2 N–H and O–H groups in total. The van der Waals surface area contributed by atoms with E-state index in [1.807, 2.05) is 6.07 Å². The monoisotopic (exact) mass is 425 g/mol. The zero-order chi connectivity index (χ0) is 21.6. The number of aromatic nitrogens is 2. The first-order valence-electron chi connectivity index (χ1n) is 9.23. The fraction of sp³-hybridized carbons (Fsp3) is 0.250. The van der Waals surface area contributed by atoms with Crippen molar-refractivity contribution < 1.29 is 13.2 Å². The normalized spacial score (nSPS) is 16.8. The molecular formula is C20H19N5O4S. The number of hydrogen-bond donors (Lipinski definition) is 2. The second-order valence-electron chi connectivity index (χ2n) is 7.30. The number of H-pyrrole nitrogens is 1. The summed E-state index contributed by atoms with van der Waals surface area (Å²) in [6.07, 6.45) is 1.90. The van der Waals surface area contributed by atoms with Crippen molar-refractivity contribution in [3.05, 3.63) is 58.1 Å². The van der Waals surface area contributed by atoms with Gasteiger partial charge in [0.25, 0.3) is 5.56 Å². The number of nitrogens with zero attached hydrogens (tertiary/aromatic N) is 3. The molecule has 4 rings (SSSR count). The van der Waals surface area contributed by atoms with Crippen LogP contribution in [0.15, 0.2) is 46.2 Å². The van der Waals surface area contributed by atoms with Crippen LogP contribution in [-0.4, -0.2) is 40.8 Å². The molecular weight excluding hydrogens is 406 g/mol. The molecule has 1 aliphatic rings. The fourth-order valence-electron chi connectivity index (χ4n) is 3.51. The van der Waals surface area contributed by atoms with Gasteiger partial charge in [0.2, 0.25) is 15.9 Å². The number of hydrogen-bond acceptors (Lipinski definition) is 5. The lowest BCUT2D eigenvalue weighted by atomic mass is 10.1. The molecule has 154 valence electrons. The summed E-state index contributed by atoms with van der Waals surface area (Å²) in [5, 5.41) is 12.4. The van der Waals surface area contributed by atoms with Gasteiger partial charge in [0.1, 0.15) is 22.7 Å². The van der Waals surface area contributed by atoms with Crippen molar-refractivity contribution in [2.45, 2.75) is 24.3 Å². The van der Waals surface area contributed by atoms with Crippen LogP contribution in [0.4, 0.5) is 5.69 Å². The van der Waals surface area contributed by atoms with Crippen molar-refractivity contribution in [1.82, 2.24) is 13.9 Å². The summed E-state index contributed by atoms with van der Waals surface area (Å²) in [5.74, 6) is -0.494. The summed E-state index contributed by atoms with van der Waals surface area (Å²) < 4.78 is 29.2. The van der Waals surface area contributed by atoms with Crippen molar-refractivity contribution in [2.24, 2.45) is 7.05 Å². The molecule has 9 nitrogen and oxygen atoms in total. The molecule has 0 bridgehead atoms. The van der Waals surface area contributed by atoms with E-state index in [0.29, 0.717) is 23.0 Å². The smallest absolute Gasteiger partial charge is 0.252 e. The lowest BCUT2D eigenvalue weighted by Gasteiger charge is -2.38. The van der Waals surface area contributed by atoms with Gasteiger partial charge in [-0.3, -0.25) is 9.59 Å². The largest absolute Gasteiger partial charge is 0.345 e. The zero-order valence-electron chi connectivity index (χ0n) is 16.3. The lowest BCUT2D eigenvalue weighted by Crippen LogP contribution is -2.56. The molecule has 10 heteroatoms. The van der Waals surface area contributed by atoms with Crippen molar-refractivity contribution in [3.63, 3.8) is 0 Å². The van der Waals surface area contributed by atoms with Crippen LogP contribution in [0.2, 0.25) is 0 Å². The third-order valence-corrected chi connectivity index (χ3v) is 7.12. The van der Waals surface area contributed by atoms with E-state index >= 15 is 0 Å². The summed E-state index contributed by atoms with van der Waals surface area (Å²) in [5.41, 5.74) is 1.36. The Labute approximate surface area is 172 Å². The molecule has 1 aliphatic heterocycles. The van der Waals surface area contributed by atoms with Crippen molar-refractivity contribution in [1.29, 1.82) is 5.26 Å². The Bertz CT molecular complexity index is 1380. The molecule has 0 spiro atoms. The Hall–Kier alpha value is -3.42. The Kier molecular flexibility index (Phi) is 4.72. The molecule has 0 saturated carbocycles. The molecule has 3 aromatic rings. The number of amides is 1. The van der Waals surface area contributed by atoms with E-state index in [1.165, 1.54) is 22.9 Å². The van der Waals surface area contributed by atoms with E-state index in [9.17, 15) is 18.0 Å². The molecule has 1 unspecified atom stereocenters. The lowest BCUT2D eigenvalue weighted by molar-refractivity contribution is -0.122. The number of aromatic amines is 1. The first kappa shape index (κ1) is 19.9. The Morgan fingerprint density at radius 2 is 2.07 bits per heavy atom. The molecule has 1 atom stereocenters. The Balaban J connectivity index is 1.65. The fourth-order valence-corrected chi connectivity index (χ4v) is 5.41. The molecule has 1 fully saturated rings. The van der Waals surface area contributed by atoms with Crippen LogP contribution in [0.1, 0.15) is 17.7 Å². The van der Waals surface area contributed by atoms with Gasteiger partial charge in [-0.15, -0.1) is 0 Å². The molecule has 1 aromatic carbocycles. The van der Waals surface area contributed by atoms with E-state index in [-0.39, 0.29) is 22.7 Å². The Morgan fingerprint density at radius 1 is 1.30 bits per heavy atom. The molecule has 0 aliphatic carbocycles. The van der Waals surface area contributed by atoms with Crippen LogP contribution in [0.3, 0.4) is 0 Å². The first-order valence-corrected chi connectivity index (χ1v) is 10.7. The molecule has 3 heterocycles. The highest BCUT2D eigenvalue weighted by Gasteiger charge is 2.43. The van der Waals surface area contributed by atoms with Crippen molar-refractivity contribution in [3.8, 4) is 6.07 Å². The average molecular weight is 425 g/mol. The number of aryl methyl sites for hydroxylation is 2. The first-order chi connectivity index (χ1) is 14.2. The van der Waals surface area contributed by atoms with E-state index < -0.39 is 22.0 Å². The highest BCUT2D eigenvalue weighted by molar-refractivity contribution is 7.89. The Morgan fingerprint density at radius 3 is 2.70 bits per heavy atom. The third kappa shape index (κ3) is 3.28. The highest BCUT2D eigenvalue weighted by Crippen LogP contribution is 2.32. The summed E-state index contributed by atoms with van der Waals surface area (Å²) >= 11 is 0. The van der Waals surface area contributed by atoms with Crippen LogP contribution in [-0.2, 0) is 21.9 Å². The number of carbonyl (C=O) groups is 1. The minimum Gasteiger partial charge on any atom is -0.345 e. The van der Waals surface area contributed by atoms with Crippen LogP contribution < -0.4 is 10.9 Å². The topological polar surface area (TPSA) is 128 Å². The maximum Gasteiger partial charge on any atom is 0.252 e. The van der Waals surface area contributed by atoms with Gasteiger partial charge in [0.15, 0.2) is 0 Å². The molecule has 2 aromatic heterocycles. The van der Waals surface area contributed by atoms with Gasteiger partial charge >= 0.3 is 0 Å². The number of sulfonamides is 1. The molecule has 0 radical (unpaired) electrons. The van der Waals surface area contributed by atoms with Gasteiger partial charge in [-0.05, 0) is 43.2 Å². The summed E-state index contributed by atoms with van der Waals surface area (Å²) in [4.78, 5) is 27.3. The van der Waals surface area contributed by atoms with Crippen molar-refractivity contribution in [2.75, 3.05) is 11.9 Å². The second-order valence-corrected chi connectivity index (χ2v) is 9.16. The molecule has 1 amide bonds. The average Bonchev–Trinajstić information content (AvgIpc) is 3.05. The van der Waals surface area contributed by atoms with Crippen LogP contribution in [0.5, 0.6) is 0 Å². The number of nitriles is 1. The SMILES string of the molecule is Cc1cc(S(=O)(=O)N2CCC2C(=O)Nc2ccn(C)c(=O)c2)c2[nH]c(C#N)cc2c1. The quantitative estimate of drug-likeness (QED) is 0.654. The number of benzene rings is 1. The molecule has 1 saturated heterocycles. The highest BCUT2D eigenvalue weighted by atomic mass is 32.2. The standard InChI is InChI=1S/C20H19N5O4S/c1-12-7-13-9-15(11-21)22-19(13)17(8-12)30(28,29)25-6-4-16(25)20(27)23-14-3-5-24(2)18(26)10-14/h3,5,7-10,16,22H,4,6H2,1-2H3,(H,23,27). The summed E-state index contributed by atoms with van der Waals surface area (Å²) in [7, 11) is -2.39. The van der Waals surface area contributed by atoms with Crippen LogP contribution >= 0.6 is 0 Å². The van der Waals surface area contributed by atoms with Gasteiger partial charge in [0.05, 0.1) is 5.52 Å². The van der Waals surface area contributed by atoms with E-state index in [2.05, 4.69) is 10.3 Å². The number of nitrogens with one attached hydrogen (secondary N) is 2. The zero-order valence-corrected chi connectivity index (χ0v) is 17.2. The van der Waals surface area contributed by atoms with Crippen molar-refractivity contribution >= 4 is 32.5 Å². The van der Waals surface area contributed by atoms with E-state index in [0.717, 1.165) is 9.87 Å². The van der Waals surface area contributed by atoms with Crippen LogP contribution in [0, 0.1) is 18.3 Å². The van der Waals surface area contributed by atoms with E-state index in [1.54, 1.807) is 32.2 Å². The number of pyridine rings is 1. The van der Waals surface area contributed by atoms with Gasteiger partial charge in [-0.2, -0.15) is 9.57 Å². The number of fused-ring (bicyclic) bond motifs is 1. The predicted molar refractivity (Wildman–Crippen MR) is 110 cm³/mol. The molecule has 30 heavy (non-hydrogen) atoms. The number of rotatable bonds is 4. The maximum atomic E-state index is 13.3. The summed E-state index contributed by atoms with van der Waals surface area (Å²) in [6, 6.07) is 8.88. The number of carbonyl (C=O) groups excluding carboxylic acids is 1.